The van der Waals surface area contributed by atoms with Crippen LogP contribution < -0.4 is 4.74 Å². The first kappa shape index (κ1) is 19.2. The van der Waals surface area contributed by atoms with Crippen molar-refractivity contribution in [1.29, 1.82) is 0 Å². The number of carbonyl (C=O) groups is 3. The van der Waals surface area contributed by atoms with Crippen LogP contribution in [0.15, 0.2) is 24.3 Å². The lowest BCUT2D eigenvalue weighted by Crippen LogP contribution is -2.15. The molecular formula is C19H21NO6. The van der Waals surface area contributed by atoms with Crippen LogP contribution in [0.3, 0.4) is 0 Å². The van der Waals surface area contributed by atoms with Crippen LogP contribution in [-0.2, 0) is 9.47 Å². The lowest BCUT2D eigenvalue weighted by atomic mass is 10.1. The molecule has 0 aliphatic carbocycles. The van der Waals surface area contributed by atoms with E-state index in [0.717, 1.165) is 0 Å². The van der Waals surface area contributed by atoms with E-state index < -0.39 is 18.5 Å². The summed E-state index contributed by atoms with van der Waals surface area (Å²) in [5.74, 6) is -0.920. The minimum atomic E-state index is -0.673. The Hall–Kier alpha value is -3.09. The van der Waals surface area contributed by atoms with Crippen molar-refractivity contribution in [2.75, 3.05) is 20.3 Å². The van der Waals surface area contributed by atoms with Gasteiger partial charge >= 0.3 is 11.9 Å². The van der Waals surface area contributed by atoms with Crippen LogP contribution in [0, 0.1) is 13.8 Å². The number of benzene rings is 1. The van der Waals surface area contributed by atoms with Gasteiger partial charge in [0.05, 0.1) is 19.3 Å². The van der Waals surface area contributed by atoms with Gasteiger partial charge in [-0.3, -0.25) is 4.79 Å². The molecule has 0 spiro atoms. The second-order valence-corrected chi connectivity index (χ2v) is 5.57. The molecule has 7 heteroatoms. The number of aryl methyl sites for hydroxylation is 1. The first-order chi connectivity index (χ1) is 12.4. The Kier molecular flexibility index (Phi) is 6.16. The quantitative estimate of drug-likeness (QED) is 0.603. The normalized spacial score (nSPS) is 10.3. The summed E-state index contributed by atoms with van der Waals surface area (Å²) in [6, 6.07) is 6.50. The number of Topliss-reactive ketones (excluding diaryl/α,β-unsaturated/α-hetero) is 1. The topological polar surface area (TPSA) is 94.7 Å². The molecule has 2 aromatic rings. The molecule has 1 aromatic carbocycles. The summed E-state index contributed by atoms with van der Waals surface area (Å²) in [6.07, 6.45) is 0. The van der Waals surface area contributed by atoms with Gasteiger partial charge in [0.2, 0.25) is 0 Å². The Morgan fingerprint density at radius 3 is 2.23 bits per heavy atom. The highest BCUT2D eigenvalue weighted by atomic mass is 16.5. The standard InChI is InChI=1S/C19H21NO6/c1-5-25-19(23)17-11(2)16(12(3)20-17)18(22)26-10-15(21)13-6-8-14(24-4)9-7-13/h6-9,20H,5,10H2,1-4H3. The third-order valence-corrected chi connectivity index (χ3v) is 3.87. The molecule has 0 saturated carbocycles. The van der Waals surface area contributed by atoms with Gasteiger partial charge in [-0.2, -0.15) is 0 Å². The second-order valence-electron chi connectivity index (χ2n) is 5.57. The van der Waals surface area contributed by atoms with Crippen LogP contribution in [0.25, 0.3) is 0 Å². The van der Waals surface area contributed by atoms with Gasteiger partial charge in [-0.05, 0) is 50.6 Å². The number of methoxy groups -OCH3 is 1. The van der Waals surface area contributed by atoms with Crippen molar-refractivity contribution in [2.45, 2.75) is 20.8 Å². The Labute approximate surface area is 151 Å². The van der Waals surface area contributed by atoms with E-state index in [0.29, 0.717) is 22.6 Å². The molecule has 0 fully saturated rings. The van der Waals surface area contributed by atoms with E-state index in [9.17, 15) is 14.4 Å². The van der Waals surface area contributed by atoms with E-state index in [2.05, 4.69) is 4.98 Å². The SMILES string of the molecule is CCOC(=O)c1[nH]c(C)c(C(=O)OCC(=O)c2ccc(OC)cc2)c1C. The van der Waals surface area contributed by atoms with Crippen LogP contribution in [0.4, 0.5) is 0 Å². The number of H-pyrrole nitrogens is 1. The molecule has 26 heavy (non-hydrogen) atoms. The van der Waals surface area contributed by atoms with Crippen molar-refractivity contribution in [3.63, 3.8) is 0 Å². The van der Waals surface area contributed by atoms with Crippen LogP contribution in [0.2, 0.25) is 0 Å². The minimum absolute atomic E-state index is 0.206. The highest BCUT2D eigenvalue weighted by molar-refractivity contribution is 6.01. The molecule has 0 bridgehead atoms. The number of ether oxygens (including phenoxy) is 3. The lowest BCUT2D eigenvalue weighted by molar-refractivity contribution is 0.0473. The number of rotatable bonds is 7. The zero-order chi connectivity index (χ0) is 19.3. The van der Waals surface area contributed by atoms with Gasteiger partial charge < -0.3 is 19.2 Å². The minimum Gasteiger partial charge on any atom is -0.497 e. The molecule has 0 unspecified atom stereocenters. The van der Waals surface area contributed by atoms with Gasteiger partial charge in [-0.1, -0.05) is 0 Å². The maximum atomic E-state index is 12.3. The second kappa shape index (κ2) is 8.33. The molecule has 0 aliphatic heterocycles. The third kappa shape index (κ3) is 4.11. The largest absolute Gasteiger partial charge is 0.497 e. The fraction of sp³-hybridized carbons (Fsp3) is 0.316. The number of aromatic amines is 1. The number of esters is 2. The highest BCUT2D eigenvalue weighted by Gasteiger charge is 2.24. The van der Waals surface area contributed by atoms with Crippen LogP contribution in [0.1, 0.15) is 49.4 Å². The van der Waals surface area contributed by atoms with E-state index >= 15 is 0 Å². The number of nitrogens with one attached hydrogen (secondary N) is 1. The summed E-state index contributed by atoms with van der Waals surface area (Å²) in [5, 5.41) is 0. The maximum absolute atomic E-state index is 12.3. The summed E-state index contributed by atoms with van der Waals surface area (Å²) in [7, 11) is 1.53. The molecule has 2 rings (SSSR count). The molecule has 1 N–H and O–H groups in total. The number of aromatic nitrogens is 1. The average molecular weight is 359 g/mol. The fourth-order valence-corrected chi connectivity index (χ4v) is 2.53. The Morgan fingerprint density at radius 1 is 1.00 bits per heavy atom. The van der Waals surface area contributed by atoms with Gasteiger partial charge in [0.25, 0.3) is 0 Å². The molecule has 0 aliphatic rings. The third-order valence-electron chi connectivity index (χ3n) is 3.87. The molecule has 7 nitrogen and oxygen atoms in total. The summed E-state index contributed by atoms with van der Waals surface area (Å²) >= 11 is 0. The zero-order valence-corrected chi connectivity index (χ0v) is 15.2. The monoisotopic (exact) mass is 359 g/mol. The molecular weight excluding hydrogens is 338 g/mol. The van der Waals surface area contributed by atoms with Crippen molar-refractivity contribution >= 4 is 17.7 Å². The van der Waals surface area contributed by atoms with Crippen molar-refractivity contribution in [2.24, 2.45) is 0 Å². The molecule has 1 heterocycles. The fourth-order valence-electron chi connectivity index (χ4n) is 2.53. The zero-order valence-electron chi connectivity index (χ0n) is 15.2. The number of ketones is 1. The van der Waals surface area contributed by atoms with Gasteiger partial charge in [0.15, 0.2) is 12.4 Å². The molecule has 1 aromatic heterocycles. The summed E-state index contributed by atoms with van der Waals surface area (Å²) in [6.45, 7) is 4.80. The molecule has 138 valence electrons. The summed E-state index contributed by atoms with van der Waals surface area (Å²) in [4.78, 5) is 39.2. The van der Waals surface area contributed by atoms with Crippen LogP contribution in [-0.4, -0.2) is 43.0 Å². The Balaban J connectivity index is 2.07. The lowest BCUT2D eigenvalue weighted by Gasteiger charge is -2.06. The predicted molar refractivity (Wildman–Crippen MR) is 93.8 cm³/mol. The van der Waals surface area contributed by atoms with E-state index in [1.165, 1.54) is 7.11 Å². The van der Waals surface area contributed by atoms with Gasteiger partial charge in [0, 0.05) is 11.3 Å². The first-order valence-electron chi connectivity index (χ1n) is 8.09. The van der Waals surface area contributed by atoms with Gasteiger partial charge in [0.1, 0.15) is 11.4 Å². The number of hydrogen-bond donors (Lipinski definition) is 1. The van der Waals surface area contributed by atoms with Crippen LogP contribution in [0.5, 0.6) is 5.75 Å². The first-order valence-corrected chi connectivity index (χ1v) is 8.09. The van der Waals surface area contributed by atoms with Crippen molar-refractivity contribution in [1.82, 2.24) is 4.98 Å². The molecule has 0 saturated heterocycles. The summed E-state index contributed by atoms with van der Waals surface area (Å²) < 4.78 is 15.1. The van der Waals surface area contributed by atoms with Crippen molar-refractivity contribution in [3.8, 4) is 5.75 Å². The molecule has 0 radical (unpaired) electrons. The Bertz CT molecular complexity index is 819. The molecule has 0 amide bonds. The smallest absolute Gasteiger partial charge is 0.355 e. The van der Waals surface area contributed by atoms with Crippen molar-refractivity contribution in [3.05, 3.63) is 52.3 Å². The van der Waals surface area contributed by atoms with E-state index in [4.69, 9.17) is 14.2 Å². The number of hydrogen-bond acceptors (Lipinski definition) is 6. The summed E-state index contributed by atoms with van der Waals surface area (Å²) in [5.41, 5.74) is 1.76. The molecule has 0 atom stereocenters. The average Bonchev–Trinajstić information content (AvgIpc) is 2.94. The van der Waals surface area contributed by atoms with E-state index in [1.54, 1.807) is 45.0 Å². The van der Waals surface area contributed by atoms with Crippen molar-refractivity contribution < 1.29 is 28.6 Å². The van der Waals surface area contributed by atoms with Gasteiger partial charge in [-0.25, -0.2) is 9.59 Å². The van der Waals surface area contributed by atoms with E-state index in [1.807, 2.05) is 0 Å². The Morgan fingerprint density at radius 2 is 1.65 bits per heavy atom. The van der Waals surface area contributed by atoms with Gasteiger partial charge in [-0.15, -0.1) is 0 Å². The predicted octanol–water partition coefficient (Wildman–Crippen LogP) is 2.86. The highest BCUT2D eigenvalue weighted by Crippen LogP contribution is 2.20. The van der Waals surface area contributed by atoms with Crippen LogP contribution >= 0.6 is 0 Å². The van der Waals surface area contributed by atoms with E-state index in [-0.39, 0.29) is 23.6 Å². The number of carbonyl (C=O) groups excluding carboxylic acids is 3. The maximum Gasteiger partial charge on any atom is 0.355 e.